The molecule has 1 aliphatic carbocycles. The molecule has 0 bridgehead atoms. The van der Waals surface area contributed by atoms with Crippen molar-refractivity contribution >= 4 is 36.1 Å². The maximum atomic E-state index is 14.2. The summed E-state index contributed by atoms with van der Waals surface area (Å²) in [6.45, 7) is 15.8. The first-order chi connectivity index (χ1) is 20.5. The number of nitrogens with one attached hydrogen (secondary N) is 2. The van der Waals surface area contributed by atoms with Gasteiger partial charge in [-0.15, -0.1) is 0 Å². The molecule has 0 spiro atoms. The van der Waals surface area contributed by atoms with Gasteiger partial charge in [0.05, 0.1) is 0 Å². The number of ether oxygens (including phenoxy) is 1. The number of rotatable bonds is 13. The number of carboxylic acids is 1. The first-order valence-corrected chi connectivity index (χ1v) is 15.1. The second kappa shape index (κ2) is 15.9. The van der Waals surface area contributed by atoms with Crippen LogP contribution in [0, 0.1) is 10.8 Å². The van der Waals surface area contributed by atoms with Gasteiger partial charge in [0, 0.05) is 38.0 Å². The molecule has 3 atom stereocenters. The van der Waals surface area contributed by atoms with Crippen LogP contribution in [0.25, 0.3) is 0 Å². The first kappa shape index (κ1) is 39.1. The minimum absolute atomic E-state index is 0.0175. The third-order valence-corrected chi connectivity index (χ3v) is 7.48. The average Bonchev–Trinajstić information content (AvgIpc) is 2.92. The predicted molar refractivity (Wildman–Crippen MR) is 171 cm³/mol. The second-order valence-electron chi connectivity index (χ2n) is 14.0. The minimum Gasteiger partial charge on any atom is -0.480 e. The van der Waals surface area contributed by atoms with Crippen molar-refractivity contribution in [2.75, 3.05) is 20.6 Å². The Morgan fingerprint density at radius 2 is 1.60 bits per heavy atom. The SMILES string of the molecule is C/C(=C\CN(C)C(=O)C(NC(=O)[C@@H](N(C)C(=O)OC(C)(C)C)C(C)(C)C1=CCCC=C1)C(C)(C)C)C(=O)N[C@@H](CC=O)C(=O)O. The molecule has 1 rings (SSSR count). The molecular formula is C33H52N4O8. The third kappa shape index (κ3) is 11.5. The summed E-state index contributed by atoms with van der Waals surface area (Å²) in [5.74, 6) is -2.99. The van der Waals surface area contributed by atoms with Crippen molar-refractivity contribution in [3.8, 4) is 0 Å². The fourth-order valence-electron chi connectivity index (χ4n) is 4.81. The highest BCUT2D eigenvalue weighted by molar-refractivity contribution is 5.96. The van der Waals surface area contributed by atoms with Gasteiger partial charge in [-0.05, 0) is 51.5 Å². The number of carbonyl (C=O) groups excluding carboxylic acids is 5. The molecule has 1 unspecified atom stereocenters. The summed E-state index contributed by atoms with van der Waals surface area (Å²) in [4.78, 5) is 78.3. The van der Waals surface area contributed by atoms with Gasteiger partial charge < -0.3 is 30.2 Å². The highest BCUT2D eigenvalue weighted by Gasteiger charge is 2.46. The summed E-state index contributed by atoms with van der Waals surface area (Å²) in [5, 5.41) is 14.4. The van der Waals surface area contributed by atoms with Gasteiger partial charge in [0.1, 0.15) is 30.0 Å². The van der Waals surface area contributed by atoms with Crippen molar-refractivity contribution in [1.82, 2.24) is 20.4 Å². The van der Waals surface area contributed by atoms with Crippen LogP contribution in [0.2, 0.25) is 0 Å². The van der Waals surface area contributed by atoms with Crippen molar-refractivity contribution in [2.45, 2.75) is 105 Å². The Morgan fingerprint density at radius 3 is 2.07 bits per heavy atom. The molecule has 12 nitrogen and oxygen atoms in total. The van der Waals surface area contributed by atoms with Crippen molar-refractivity contribution < 1.29 is 38.6 Å². The van der Waals surface area contributed by atoms with Crippen LogP contribution in [0.15, 0.2) is 35.5 Å². The number of amides is 4. The molecule has 3 N–H and O–H groups in total. The van der Waals surface area contributed by atoms with Gasteiger partial charge in [-0.1, -0.05) is 58.9 Å². The normalized spacial score (nSPS) is 16.0. The molecule has 0 heterocycles. The second-order valence-corrected chi connectivity index (χ2v) is 14.0. The van der Waals surface area contributed by atoms with E-state index in [2.05, 4.69) is 10.6 Å². The summed E-state index contributed by atoms with van der Waals surface area (Å²) in [7, 11) is 3.03. The highest BCUT2D eigenvalue weighted by Crippen LogP contribution is 2.37. The lowest BCUT2D eigenvalue weighted by Crippen LogP contribution is -2.61. The molecule has 0 saturated carbocycles. The average molecular weight is 633 g/mol. The highest BCUT2D eigenvalue weighted by atomic mass is 16.6. The zero-order chi connectivity index (χ0) is 34.9. The van der Waals surface area contributed by atoms with E-state index in [4.69, 9.17) is 4.74 Å². The zero-order valence-electron chi connectivity index (χ0n) is 28.6. The summed E-state index contributed by atoms with van der Waals surface area (Å²) in [6, 6.07) is -3.42. The number of nitrogens with zero attached hydrogens (tertiary/aromatic N) is 2. The number of aliphatic carboxylic acids is 1. The molecule has 0 radical (unpaired) electrons. The first-order valence-electron chi connectivity index (χ1n) is 15.1. The largest absolute Gasteiger partial charge is 0.480 e. The Balaban J connectivity index is 3.33. The Labute approximate surface area is 267 Å². The van der Waals surface area contributed by atoms with Crippen LogP contribution < -0.4 is 10.6 Å². The molecule has 4 amide bonds. The number of hydrogen-bond acceptors (Lipinski definition) is 7. The van der Waals surface area contributed by atoms with Crippen LogP contribution in [0.5, 0.6) is 0 Å². The van der Waals surface area contributed by atoms with E-state index in [0.29, 0.717) is 6.29 Å². The summed E-state index contributed by atoms with van der Waals surface area (Å²) in [5.41, 5.74) is -1.35. The van der Waals surface area contributed by atoms with Crippen LogP contribution in [0.3, 0.4) is 0 Å². The lowest BCUT2D eigenvalue weighted by molar-refractivity contribution is -0.142. The Morgan fingerprint density at radius 1 is 1.00 bits per heavy atom. The molecule has 0 aromatic carbocycles. The van der Waals surface area contributed by atoms with E-state index in [1.54, 1.807) is 41.5 Å². The van der Waals surface area contributed by atoms with Gasteiger partial charge in [-0.3, -0.25) is 19.3 Å². The van der Waals surface area contributed by atoms with Crippen molar-refractivity contribution in [3.05, 3.63) is 35.5 Å². The van der Waals surface area contributed by atoms with E-state index in [1.807, 2.05) is 32.1 Å². The van der Waals surface area contributed by atoms with Crippen LogP contribution in [0.4, 0.5) is 4.79 Å². The van der Waals surface area contributed by atoms with Crippen LogP contribution in [0.1, 0.15) is 81.6 Å². The van der Waals surface area contributed by atoms with Gasteiger partial charge in [0.15, 0.2) is 0 Å². The van der Waals surface area contributed by atoms with Crippen LogP contribution in [-0.2, 0) is 28.7 Å². The summed E-state index contributed by atoms with van der Waals surface area (Å²) in [6.07, 6.45) is 8.51. The predicted octanol–water partition coefficient (Wildman–Crippen LogP) is 3.62. The molecule has 0 aromatic rings. The van der Waals surface area contributed by atoms with Gasteiger partial charge in [-0.2, -0.15) is 0 Å². The van der Waals surface area contributed by atoms with Crippen molar-refractivity contribution in [2.24, 2.45) is 10.8 Å². The fourth-order valence-corrected chi connectivity index (χ4v) is 4.81. The zero-order valence-corrected chi connectivity index (χ0v) is 28.6. The van der Waals surface area contributed by atoms with Crippen LogP contribution in [-0.4, -0.2) is 95.3 Å². The minimum atomic E-state index is -1.37. The Bertz CT molecular complexity index is 1220. The molecule has 1 aliphatic rings. The third-order valence-electron chi connectivity index (χ3n) is 7.48. The molecule has 0 saturated heterocycles. The molecule has 0 fully saturated rings. The molecule has 0 aliphatic heterocycles. The van der Waals surface area contributed by atoms with Gasteiger partial charge in [-0.25, -0.2) is 9.59 Å². The Kier molecular flexibility index (Phi) is 13.8. The molecule has 45 heavy (non-hydrogen) atoms. The molecule has 252 valence electrons. The van der Waals surface area contributed by atoms with E-state index < -0.39 is 64.3 Å². The summed E-state index contributed by atoms with van der Waals surface area (Å²) < 4.78 is 5.60. The van der Waals surface area contributed by atoms with Crippen molar-refractivity contribution in [3.63, 3.8) is 0 Å². The lowest BCUT2D eigenvalue weighted by Gasteiger charge is -2.42. The van der Waals surface area contributed by atoms with Crippen molar-refractivity contribution in [1.29, 1.82) is 0 Å². The van der Waals surface area contributed by atoms with Gasteiger partial charge in [0.2, 0.25) is 17.7 Å². The van der Waals surface area contributed by atoms with Gasteiger partial charge >= 0.3 is 12.1 Å². The van der Waals surface area contributed by atoms with Gasteiger partial charge in [0.25, 0.3) is 0 Å². The van der Waals surface area contributed by atoms with E-state index in [9.17, 15) is 33.9 Å². The lowest BCUT2D eigenvalue weighted by atomic mass is 9.74. The monoisotopic (exact) mass is 632 g/mol. The standard InChI is InChI=1S/C33H52N4O8/c1-21(26(39)34-23(18-20-38)29(42)43)17-19-36(10)28(41)24(31(2,3)4)35-27(40)25(37(11)30(44)45-32(5,6)7)33(8,9)22-15-13-12-14-16-22/h13,15-17,20,23-25H,12,14,18-19H2,1-11H3,(H,34,39)(H,35,40)(H,42,43)/b21-17+/t23-,24?,25+/m0/s1. The van der Waals surface area contributed by atoms with E-state index in [0.717, 1.165) is 18.4 Å². The smallest absolute Gasteiger partial charge is 0.410 e. The number of hydrogen-bond donors (Lipinski definition) is 3. The van der Waals surface area contributed by atoms with E-state index >= 15 is 0 Å². The van der Waals surface area contributed by atoms with E-state index in [-0.39, 0.29) is 18.5 Å². The number of aldehydes is 1. The van der Waals surface area contributed by atoms with E-state index in [1.165, 1.54) is 36.9 Å². The molecule has 12 heteroatoms. The maximum Gasteiger partial charge on any atom is 0.410 e. The quantitative estimate of drug-likeness (QED) is 0.205. The number of likely N-dealkylation sites (N-methyl/N-ethyl adjacent to an activating group) is 2. The fraction of sp³-hybridized carbons (Fsp3) is 0.636. The number of allylic oxidation sites excluding steroid dienone is 3. The molecule has 0 aromatic heterocycles. The number of carboxylic acid groups (broad SMARTS) is 1. The topological polar surface area (TPSA) is 162 Å². The summed E-state index contributed by atoms with van der Waals surface area (Å²) >= 11 is 0. The van der Waals surface area contributed by atoms with Crippen LogP contribution >= 0.6 is 0 Å². The molecular weight excluding hydrogens is 580 g/mol. The maximum absolute atomic E-state index is 14.2. The Hall–Kier alpha value is -3.96. The number of carbonyl (C=O) groups is 6.